The average molecular weight is 363 g/mol. The van der Waals surface area contributed by atoms with Crippen LogP contribution in [0.3, 0.4) is 0 Å². The molecule has 0 radical (unpaired) electrons. The molecule has 0 saturated carbocycles. The molecule has 0 bridgehead atoms. The van der Waals surface area contributed by atoms with E-state index in [0.29, 0.717) is 5.56 Å². The number of aromatic carboxylic acids is 1. The topological polar surface area (TPSA) is 41.2 Å². The summed E-state index contributed by atoms with van der Waals surface area (Å²) in [4.78, 5) is 10.9. The van der Waals surface area contributed by atoms with Crippen molar-refractivity contribution in [3.05, 3.63) is 29.6 Å². The molecule has 26 heavy (non-hydrogen) atoms. The lowest BCUT2D eigenvalue weighted by Crippen LogP contribution is -2.34. The summed E-state index contributed by atoms with van der Waals surface area (Å²) in [5.74, 6) is -0.858. The largest absolute Gasteiger partial charge is 0.477 e. The van der Waals surface area contributed by atoms with Crippen molar-refractivity contribution in [2.45, 2.75) is 103 Å². The molecule has 0 amide bonds. The van der Waals surface area contributed by atoms with E-state index in [0.717, 1.165) is 6.42 Å². The maximum Gasteiger partial charge on any atom is 0.341 e. The summed E-state index contributed by atoms with van der Waals surface area (Å²) in [6.07, 6.45) is 22.0. The second-order valence-corrected chi connectivity index (χ2v) is 7.67. The van der Waals surface area contributed by atoms with Crippen molar-refractivity contribution in [1.82, 2.24) is 0 Å². The van der Waals surface area contributed by atoms with Gasteiger partial charge in [0.25, 0.3) is 0 Å². The summed E-state index contributed by atoms with van der Waals surface area (Å²) < 4.78 is 1.95. The normalized spacial score (nSPS) is 11.0. The number of pyridine rings is 1. The number of hydrogen-bond acceptors (Lipinski definition) is 1. The van der Waals surface area contributed by atoms with E-state index >= 15 is 0 Å². The van der Waals surface area contributed by atoms with Gasteiger partial charge in [-0.25, -0.2) is 9.36 Å². The molecule has 1 N–H and O–H groups in total. The summed E-state index contributed by atoms with van der Waals surface area (Å²) in [5, 5.41) is 9.00. The molecule has 1 heterocycles. The molecule has 1 aromatic heterocycles. The maximum absolute atomic E-state index is 10.9. The van der Waals surface area contributed by atoms with Crippen LogP contribution in [0.4, 0.5) is 0 Å². The molecule has 0 aliphatic heterocycles. The van der Waals surface area contributed by atoms with E-state index in [2.05, 4.69) is 6.92 Å². The van der Waals surface area contributed by atoms with Crippen molar-refractivity contribution in [3.63, 3.8) is 0 Å². The van der Waals surface area contributed by atoms with Crippen LogP contribution in [0.25, 0.3) is 0 Å². The summed E-state index contributed by atoms with van der Waals surface area (Å²) in [6, 6.07) is 3.66. The first kappa shape index (κ1) is 22.7. The van der Waals surface area contributed by atoms with Crippen LogP contribution >= 0.6 is 0 Å². The van der Waals surface area contributed by atoms with E-state index in [1.54, 1.807) is 12.3 Å². The Balaban J connectivity index is 1.93. The van der Waals surface area contributed by atoms with Gasteiger partial charge in [-0.3, -0.25) is 0 Å². The second kappa shape index (κ2) is 14.8. The summed E-state index contributed by atoms with van der Waals surface area (Å²) >= 11 is 0. The number of nitrogens with zero attached hydrogens (tertiary/aromatic N) is 1. The lowest BCUT2D eigenvalue weighted by Gasteiger charge is -2.04. The molecule has 0 aliphatic rings. The quantitative estimate of drug-likeness (QED) is 0.279. The van der Waals surface area contributed by atoms with Crippen molar-refractivity contribution >= 4 is 5.97 Å². The van der Waals surface area contributed by atoms with Crippen LogP contribution in [-0.4, -0.2) is 11.1 Å². The predicted molar refractivity (Wildman–Crippen MR) is 109 cm³/mol. The van der Waals surface area contributed by atoms with Gasteiger partial charge in [-0.05, 0) is 12.5 Å². The zero-order valence-electron chi connectivity index (χ0n) is 17.1. The van der Waals surface area contributed by atoms with Gasteiger partial charge in [0.1, 0.15) is 12.6 Å². The van der Waals surface area contributed by atoms with Crippen LogP contribution in [0.15, 0.2) is 18.3 Å². The minimum absolute atomic E-state index is 0.359. The Morgan fingerprint density at radius 2 is 1.27 bits per heavy atom. The molecular weight excluding hydrogens is 322 g/mol. The van der Waals surface area contributed by atoms with Crippen molar-refractivity contribution in [1.29, 1.82) is 0 Å². The van der Waals surface area contributed by atoms with Gasteiger partial charge in [-0.1, -0.05) is 90.4 Å². The van der Waals surface area contributed by atoms with Crippen LogP contribution in [0.2, 0.25) is 0 Å². The number of carboxylic acids is 1. The molecular formula is C23H40NO2+. The zero-order valence-corrected chi connectivity index (χ0v) is 17.1. The molecule has 148 valence electrons. The smallest absolute Gasteiger partial charge is 0.341 e. The lowest BCUT2D eigenvalue weighted by molar-refractivity contribution is -0.679. The van der Waals surface area contributed by atoms with Crippen molar-refractivity contribution in [2.75, 3.05) is 0 Å². The van der Waals surface area contributed by atoms with Crippen molar-refractivity contribution in [3.8, 4) is 0 Å². The van der Waals surface area contributed by atoms with E-state index in [1.807, 2.05) is 17.7 Å². The van der Waals surface area contributed by atoms with Gasteiger partial charge in [0.15, 0.2) is 11.9 Å². The number of aryl methyl sites for hydroxylation is 2. The Hall–Kier alpha value is -1.38. The molecule has 0 atom stereocenters. The highest BCUT2D eigenvalue weighted by atomic mass is 16.4. The van der Waals surface area contributed by atoms with Crippen LogP contribution in [0.1, 0.15) is 113 Å². The van der Waals surface area contributed by atoms with Gasteiger partial charge in [0.05, 0.1) is 0 Å². The highest BCUT2D eigenvalue weighted by Gasteiger charge is 2.11. The number of carboxylic acid groups (broad SMARTS) is 1. The number of aromatic nitrogens is 1. The maximum atomic E-state index is 10.9. The molecule has 1 rings (SSSR count). The fourth-order valence-electron chi connectivity index (χ4n) is 3.52. The van der Waals surface area contributed by atoms with Gasteiger partial charge in [0, 0.05) is 12.5 Å². The third-order valence-corrected chi connectivity index (χ3v) is 5.27. The fourth-order valence-corrected chi connectivity index (χ4v) is 3.52. The Labute approximate surface area is 160 Å². The fraction of sp³-hybridized carbons (Fsp3) is 0.739. The SMILES string of the molecule is CCCCCCCCCCCCCCCCc1ccc(C(=O)O)c[n+]1C. The summed E-state index contributed by atoms with van der Waals surface area (Å²) in [5.41, 5.74) is 1.58. The number of carbonyl (C=O) groups is 1. The van der Waals surface area contributed by atoms with Crippen LogP contribution in [0, 0.1) is 0 Å². The van der Waals surface area contributed by atoms with E-state index in [9.17, 15) is 4.79 Å². The number of hydrogen-bond donors (Lipinski definition) is 1. The molecule has 1 aromatic rings. The molecule has 0 fully saturated rings. The van der Waals surface area contributed by atoms with E-state index in [-0.39, 0.29) is 0 Å². The van der Waals surface area contributed by atoms with E-state index in [4.69, 9.17) is 5.11 Å². The molecule has 3 heteroatoms. The van der Waals surface area contributed by atoms with Gasteiger partial charge in [-0.15, -0.1) is 0 Å². The van der Waals surface area contributed by atoms with Gasteiger partial charge in [-0.2, -0.15) is 0 Å². The first-order valence-corrected chi connectivity index (χ1v) is 10.9. The number of unbranched alkanes of at least 4 members (excludes halogenated alkanes) is 13. The molecule has 3 nitrogen and oxygen atoms in total. The summed E-state index contributed by atoms with van der Waals surface area (Å²) in [6.45, 7) is 2.28. The monoisotopic (exact) mass is 362 g/mol. The first-order valence-electron chi connectivity index (χ1n) is 10.9. The third kappa shape index (κ3) is 10.6. The van der Waals surface area contributed by atoms with E-state index in [1.165, 1.54) is 95.6 Å². The van der Waals surface area contributed by atoms with Crippen LogP contribution in [0.5, 0.6) is 0 Å². The molecule has 0 aromatic carbocycles. The summed E-state index contributed by atoms with van der Waals surface area (Å²) in [7, 11) is 1.94. The van der Waals surface area contributed by atoms with Crippen molar-refractivity contribution < 1.29 is 14.5 Å². The van der Waals surface area contributed by atoms with Gasteiger partial charge >= 0.3 is 5.97 Å². The number of rotatable bonds is 16. The Morgan fingerprint density at radius 3 is 1.69 bits per heavy atom. The molecule has 0 spiro atoms. The average Bonchev–Trinajstić information content (AvgIpc) is 2.63. The van der Waals surface area contributed by atoms with E-state index < -0.39 is 5.97 Å². The standard InChI is InChI=1S/C23H39NO2/c1-3-4-5-6-7-8-9-10-11-12-13-14-15-16-17-22-19-18-21(23(25)26)20-24(22)2/h18-20H,3-17H2,1-2H3/p+1. The van der Waals surface area contributed by atoms with Crippen LogP contribution < -0.4 is 4.57 Å². The molecule has 0 aliphatic carbocycles. The molecule has 0 saturated heterocycles. The minimum atomic E-state index is -0.858. The van der Waals surface area contributed by atoms with Crippen molar-refractivity contribution in [2.24, 2.45) is 7.05 Å². The highest BCUT2D eigenvalue weighted by molar-refractivity contribution is 5.86. The molecule has 0 unspecified atom stereocenters. The Morgan fingerprint density at radius 1 is 0.808 bits per heavy atom. The third-order valence-electron chi connectivity index (χ3n) is 5.27. The predicted octanol–water partition coefficient (Wildman–Crippen LogP) is 6.23. The Bertz CT molecular complexity index is 499. The first-order chi connectivity index (χ1) is 12.6. The zero-order chi connectivity index (χ0) is 19.0. The second-order valence-electron chi connectivity index (χ2n) is 7.67. The Kier molecular flexibility index (Phi) is 12.9. The van der Waals surface area contributed by atoms with Gasteiger partial charge in [0.2, 0.25) is 0 Å². The van der Waals surface area contributed by atoms with Gasteiger partial charge < -0.3 is 5.11 Å². The minimum Gasteiger partial charge on any atom is -0.477 e. The lowest BCUT2D eigenvalue weighted by atomic mass is 10.0. The highest BCUT2D eigenvalue weighted by Crippen LogP contribution is 2.13. The van der Waals surface area contributed by atoms with Crippen LogP contribution in [-0.2, 0) is 13.5 Å².